The fourth-order valence-electron chi connectivity index (χ4n) is 1.67. The number of benzene rings is 1. The normalized spacial score (nSPS) is 15.7. The van der Waals surface area contributed by atoms with E-state index in [2.05, 4.69) is 5.32 Å². The van der Waals surface area contributed by atoms with Crippen LogP contribution in [0.1, 0.15) is 13.8 Å². The minimum absolute atomic E-state index is 0.166. The summed E-state index contributed by atoms with van der Waals surface area (Å²) in [6.45, 7) is 3.26. The van der Waals surface area contributed by atoms with Gasteiger partial charge in [-0.15, -0.1) is 0 Å². The Labute approximate surface area is 110 Å². The molecule has 0 bridgehead atoms. The van der Waals surface area contributed by atoms with Gasteiger partial charge < -0.3 is 19.9 Å². The molecule has 2 N–H and O–H groups in total. The summed E-state index contributed by atoms with van der Waals surface area (Å²) in [5.74, 6) is -1.50. The minimum atomic E-state index is -0.992. The molecule has 2 unspecified atom stereocenters. The van der Waals surface area contributed by atoms with Crippen molar-refractivity contribution in [3.63, 3.8) is 0 Å². The van der Waals surface area contributed by atoms with E-state index in [4.69, 9.17) is 14.6 Å². The van der Waals surface area contributed by atoms with Gasteiger partial charge in [-0.1, -0.05) is 13.8 Å². The largest absolute Gasteiger partial charge is 0.481 e. The number of amides is 1. The Morgan fingerprint density at radius 2 is 1.89 bits per heavy atom. The molecule has 1 aromatic carbocycles. The molecule has 0 saturated heterocycles. The van der Waals surface area contributed by atoms with Crippen molar-refractivity contribution in [2.45, 2.75) is 13.8 Å². The molecular weight excluding hydrogens is 250 g/mol. The first-order valence-electron chi connectivity index (χ1n) is 5.92. The summed E-state index contributed by atoms with van der Waals surface area (Å²) in [5.41, 5.74) is 0.554. The van der Waals surface area contributed by atoms with E-state index in [-0.39, 0.29) is 12.7 Å². The highest BCUT2D eigenvalue weighted by molar-refractivity contribution is 5.95. The van der Waals surface area contributed by atoms with Crippen LogP contribution >= 0.6 is 0 Å². The Balaban J connectivity index is 2.05. The van der Waals surface area contributed by atoms with Crippen LogP contribution < -0.4 is 14.8 Å². The van der Waals surface area contributed by atoms with Crippen LogP contribution in [0.4, 0.5) is 5.69 Å². The zero-order chi connectivity index (χ0) is 14.0. The lowest BCUT2D eigenvalue weighted by Crippen LogP contribution is -2.29. The molecule has 0 saturated carbocycles. The molecule has 0 radical (unpaired) electrons. The maximum absolute atomic E-state index is 11.9. The highest BCUT2D eigenvalue weighted by Gasteiger charge is 2.26. The average Bonchev–Trinajstić information content (AvgIpc) is 2.84. The number of aliphatic carboxylic acids is 1. The van der Waals surface area contributed by atoms with Crippen LogP contribution in [-0.2, 0) is 9.59 Å². The van der Waals surface area contributed by atoms with E-state index in [1.807, 2.05) is 0 Å². The number of carboxylic acid groups (broad SMARTS) is 1. The molecule has 1 aliphatic rings. The summed E-state index contributed by atoms with van der Waals surface area (Å²) in [6.07, 6.45) is 0. The van der Waals surface area contributed by atoms with Crippen LogP contribution in [0, 0.1) is 11.8 Å². The lowest BCUT2D eigenvalue weighted by Gasteiger charge is -2.15. The molecule has 2 rings (SSSR count). The molecule has 102 valence electrons. The number of rotatable bonds is 4. The lowest BCUT2D eigenvalue weighted by atomic mass is 9.95. The third kappa shape index (κ3) is 2.78. The van der Waals surface area contributed by atoms with E-state index in [1.54, 1.807) is 25.1 Å². The van der Waals surface area contributed by atoms with Crippen molar-refractivity contribution >= 4 is 17.6 Å². The molecule has 1 aliphatic heterocycles. The van der Waals surface area contributed by atoms with Crippen molar-refractivity contribution in [1.82, 2.24) is 0 Å². The number of anilines is 1. The molecule has 1 aromatic rings. The van der Waals surface area contributed by atoms with E-state index in [9.17, 15) is 9.59 Å². The van der Waals surface area contributed by atoms with Crippen molar-refractivity contribution in [2.24, 2.45) is 11.8 Å². The Morgan fingerprint density at radius 3 is 2.58 bits per heavy atom. The first-order chi connectivity index (χ1) is 8.99. The molecule has 0 aromatic heterocycles. The summed E-state index contributed by atoms with van der Waals surface area (Å²) < 4.78 is 10.4. The molecule has 0 spiro atoms. The van der Waals surface area contributed by atoms with E-state index in [0.717, 1.165) is 0 Å². The summed E-state index contributed by atoms with van der Waals surface area (Å²) in [5, 5.41) is 11.5. The van der Waals surface area contributed by atoms with Crippen molar-refractivity contribution in [3.05, 3.63) is 18.2 Å². The fourth-order valence-corrected chi connectivity index (χ4v) is 1.67. The van der Waals surface area contributed by atoms with Crippen LogP contribution in [0.25, 0.3) is 0 Å². The second-order valence-corrected chi connectivity index (χ2v) is 4.47. The molecule has 2 atom stereocenters. The number of hydrogen-bond donors (Lipinski definition) is 2. The molecule has 19 heavy (non-hydrogen) atoms. The number of carbonyl (C=O) groups excluding carboxylic acids is 1. The highest BCUT2D eigenvalue weighted by atomic mass is 16.7. The smallest absolute Gasteiger partial charge is 0.307 e. The number of carboxylic acids is 1. The Morgan fingerprint density at radius 1 is 1.21 bits per heavy atom. The number of fused-ring (bicyclic) bond motifs is 1. The fraction of sp³-hybridized carbons (Fsp3) is 0.385. The van der Waals surface area contributed by atoms with Gasteiger partial charge in [0, 0.05) is 17.7 Å². The molecule has 6 heteroatoms. The van der Waals surface area contributed by atoms with Gasteiger partial charge in [-0.2, -0.15) is 0 Å². The van der Waals surface area contributed by atoms with Gasteiger partial charge in [0.1, 0.15) is 0 Å². The second kappa shape index (κ2) is 5.17. The van der Waals surface area contributed by atoms with Crippen LogP contribution in [0.5, 0.6) is 11.5 Å². The predicted molar refractivity (Wildman–Crippen MR) is 67.2 cm³/mol. The Bertz CT molecular complexity index is 514. The van der Waals surface area contributed by atoms with Crippen molar-refractivity contribution < 1.29 is 24.2 Å². The average molecular weight is 265 g/mol. The molecular formula is C13H15NO5. The molecule has 0 fully saturated rings. The number of nitrogens with one attached hydrogen (secondary N) is 1. The number of ether oxygens (including phenoxy) is 2. The highest BCUT2D eigenvalue weighted by Crippen LogP contribution is 2.34. The van der Waals surface area contributed by atoms with Crippen molar-refractivity contribution in [1.29, 1.82) is 0 Å². The van der Waals surface area contributed by atoms with E-state index in [1.165, 1.54) is 6.92 Å². The summed E-state index contributed by atoms with van der Waals surface area (Å²) >= 11 is 0. The lowest BCUT2D eigenvalue weighted by molar-refractivity contribution is -0.145. The van der Waals surface area contributed by atoms with Gasteiger partial charge in [-0.05, 0) is 12.1 Å². The SMILES string of the molecule is CC(C(=O)O)C(C)C(=O)Nc1ccc2c(c1)OCO2. The van der Waals surface area contributed by atoms with Crippen LogP contribution in [-0.4, -0.2) is 23.8 Å². The second-order valence-electron chi connectivity index (χ2n) is 4.47. The van der Waals surface area contributed by atoms with Crippen LogP contribution in [0.15, 0.2) is 18.2 Å². The Hall–Kier alpha value is -2.24. The quantitative estimate of drug-likeness (QED) is 0.865. The Kier molecular flexibility index (Phi) is 3.59. The summed E-state index contributed by atoms with van der Waals surface area (Å²) in [6, 6.07) is 5.03. The van der Waals surface area contributed by atoms with Crippen LogP contribution in [0.3, 0.4) is 0 Å². The molecule has 6 nitrogen and oxygen atoms in total. The molecule has 1 heterocycles. The van der Waals surface area contributed by atoms with Gasteiger partial charge in [0.15, 0.2) is 11.5 Å². The zero-order valence-corrected chi connectivity index (χ0v) is 10.7. The van der Waals surface area contributed by atoms with E-state index < -0.39 is 17.8 Å². The molecule has 1 amide bonds. The standard InChI is InChI=1S/C13H15NO5/c1-7(8(2)13(16)17)12(15)14-9-3-4-10-11(5-9)19-6-18-10/h3-5,7-8H,6H2,1-2H3,(H,14,15)(H,16,17). The zero-order valence-electron chi connectivity index (χ0n) is 10.7. The minimum Gasteiger partial charge on any atom is -0.481 e. The first-order valence-corrected chi connectivity index (χ1v) is 5.92. The van der Waals surface area contributed by atoms with Gasteiger partial charge in [0.05, 0.1) is 5.92 Å². The van der Waals surface area contributed by atoms with Gasteiger partial charge in [0.2, 0.25) is 12.7 Å². The van der Waals surface area contributed by atoms with Crippen molar-refractivity contribution in [2.75, 3.05) is 12.1 Å². The predicted octanol–water partition coefficient (Wildman–Crippen LogP) is 1.71. The van der Waals surface area contributed by atoms with E-state index >= 15 is 0 Å². The number of carbonyl (C=O) groups is 2. The third-order valence-electron chi connectivity index (χ3n) is 3.19. The third-order valence-corrected chi connectivity index (χ3v) is 3.19. The first kappa shape index (κ1) is 13.2. The maximum Gasteiger partial charge on any atom is 0.307 e. The van der Waals surface area contributed by atoms with Gasteiger partial charge in [-0.25, -0.2) is 0 Å². The van der Waals surface area contributed by atoms with Gasteiger partial charge in [0.25, 0.3) is 0 Å². The van der Waals surface area contributed by atoms with Crippen molar-refractivity contribution in [3.8, 4) is 11.5 Å². The molecule has 0 aliphatic carbocycles. The topological polar surface area (TPSA) is 84.9 Å². The van der Waals surface area contributed by atoms with Crippen LogP contribution in [0.2, 0.25) is 0 Å². The number of hydrogen-bond acceptors (Lipinski definition) is 4. The maximum atomic E-state index is 11.9. The summed E-state index contributed by atoms with van der Waals surface area (Å²) in [4.78, 5) is 22.7. The van der Waals surface area contributed by atoms with E-state index in [0.29, 0.717) is 17.2 Å². The van der Waals surface area contributed by atoms with Gasteiger partial charge in [-0.3, -0.25) is 9.59 Å². The summed E-state index contributed by atoms with van der Waals surface area (Å²) in [7, 11) is 0. The monoisotopic (exact) mass is 265 g/mol. The van der Waals surface area contributed by atoms with Gasteiger partial charge >= 0.3 is 5.97 Å².